The van der Waals surface area contributed by atoms with Gasteiger partial charge in [0.1, 0.15) is 18.9 Å². The summed E-state index contributed by atoms with van der Waals surface area (Å²) in [5.41, 5.74) is 6.61. The van der Waals surface area contributed by atoms with E-state index in [0.717, 1.165) is 34.6 Å². The summed E-state index contributed by atoms with van der Waals surface area (Å²) in [6.07, 6.45) is 2.61. The molecule has 5 heteroatoms. The lowest BCUT2D eigenvalue weighted by Gasteiger charge is -2.19. The quantitative estimate of drug-likeness (QED) is 0.758. The van der Waals surface area contributed by atoms with Gasteiger partial charge in [0.2, 0.25) is 5.91 Å². The molecule has 138 valence electrons. The Bertz CT molecular complexity index is 991. The number of carbonyl (C=O) groups excluding carboxylic acids is 1. The van der Waals surface area contributed by atoms with E-state index in [2.05, 4.69) is 41.6 Å². The molecule has 2 aromatic carbocycles. The Balaban J connectivity index is 1.43. The number of carbonyl (C=O) groups is 1. The van der Waals surface area contributed by atoms with Gasteiger partial charge in [0.25, 0.3) is 0 Å². The topological polar surface area (TPSA) is 56.2 Å². The van der Waals surface area contributed by atoms with Gasteiger partial charge in [-0.15, -0.1) is 0 Å². The number of fused-ring (bicyclic) bond motifs is 3. The zero-order chi connectivity index (χ0) is 18.8. The molecule has 3 aromatic rings. The van der Waals surface area contributed by atoms with Crippen LogP contribution in [0.25, 0.3) is 11.3 Å². The summed E-state index contributed by atoms with van der Waals surface area (Å²) in [5.74, 6) is 0.809. The normalized spacial score (nSPS) is 12.1. The van der Waals surface area contributed by atoms with Gasteiger partial charge < -0.3 is 10.1 Å². The first-order chi connectivity index (χ1) is 13.1. The number of hydrogen-bond donors (Lipinski definition) is 1. The van der Waals surface area contributed by atoms with E-state index >= 15 is 0 Å². The zero-order valence-corrected chi connectivity index (χ0v) is 15.7. The fraction of sp³-hybridized carbons (Fsp3) is 0.273. The Kier molecular flexibility index (Phi) is 4.67. The number of nitrogens with one attached hydrogen (secondary N) is 1. The highest BCUT2D eigenvalue weighted by Gasteiger charge is 2.23. The highest BCUT2D eigenvalue weighted by atomic mass is 16.5. The molecular formula is C22H23N3O2. The van der Waals surface area contributed by atoms with Crippen LogP contribution in [-0.2, 0) is 24.4 Å². The molecule has 0 spiro atoms. The maximum atomic E-state index is 12.4. The second-order valence-corrected chi connectivity index (χ2v) is 7.05. The highest BCUT2D eigenvalue weighted by Crippen LogP contribution is 2.37. The lowest BCUT2D eigenvalue weighted by molar-refractivity contribution is -0.121. The van der Waals surface area contributed by atoms with Crippen LogP contribution >= 0.6 is 0 Å². The van der Waals surface area contributed by atoms with Crippen molar-refractivity contribution >= 4 is 5.91 Å². The molecule has 0 saturated carbocycles. The molecule has 1 aliphatic heterocycles. The molecule has 0 bridgehead atoms. The molecule has 1 N–H and O–H groups in total. The predicted molar refractivity (Wildman–Crippen MR) is 105 cm³/mol. The third-order valence-corrected chi connectivity index (χ3v) is 4.80. The SMILES string of the molecule is Cc1cccc(CCNC(=O)Cn2ncc3c2-c2cc(C)ccc2OC3)c1. The predicted octanol–water partition coefficient (Wildman–Crippen LogP) is 3.42. The third-order valence-electron chi connectivity index (χ3n) is 4.80. The van der Waals surface area contributed by atoms with E-state index in [4.69, 9.17) is 4.74 Å². The summed E-state index contributed by atoms with van der Waals surface area (Å²) < 4.78 is 7.57. The van der Waals surface area contributed by atoms with Crippen molar-refractivity contribution in [3.8, 4) is 17.0 Å². The van der Waals surface area contributed by atoms with Crippen LogP contribution in [0.3, 0.4) is 0 Å². The van der Waals surface area contributed by atoms with E-state index in [1.807, 2.05) is 25.1 Å². The third kappa shape index (κ3) is 3.72. The van der Waals surface area contributed by atoms with Crippen LogP contribution in [-0.4, -0.2) is 22.2 Å². The van der Waals surface area contributed by atoms with Crippen LogP contribution in [0.2, 0.25) is 0 Å². The number of rotatable bonds is 5. The van der Waals surface area contributed by atoms with Crippen molar-refractivity contribution in [2.24, 2.45) is 0 Å². The zero-order valence-electron chi connectivity index (χ0n) is 15.7. The summed E-state index contributed by atoms with van der Waals surface area (Å²) in [6.45, 7) is 5.43. The van der Waals surface area contributed by atoms with E-state index < -0.39 is 0 Å². The van der Waals surface area contributed by atoms with Gasteiger partial charge in [0.15, 0.2) is 0 Å². The van der Waals surface area contributed by atoms with Gasteiger partial charge >= 0.3 is 0 Å². The largest absolute Gasteiger partial charge is 0.488 e. The minimum Gasteiger partial charge on any atom is -0.488 e. The van der Waals surface area contributed by atoms with Gasteiger partial charge in [-0.05, 0) is 38.0 Å². The summed E-state index contributed by atoms with van der Waals surface area (Å²) in [6, 6.07) is 14.4. The number of ether oxygens (including phenoxy) is 1. The van der Waals surface area contributed by atoms with E-state index in [1.165, 1.54) is 11.1 Å². The summed E-state index contributed by atoms with van der Waals surface area (Å²) >= 11 is 0. The average molecular weight is 361 g/mol. The van der Waals surface area contributed by atoms with Gasteiger partial charge in [0, 0.05) is 17.7 Å². The van der Waals surface area contributed by atoms with Crippen LogP contribution in [0.5, 0.6) is 5.75 Å². The van der Waals surface area contributed by atoms with Crippen molar-refractivity contribution in [1.82, 2.24) is 15.1 Å². The molecule has 1 aliphatic rings. The van der Waals surface area contributed by atoms with Crippen molar-refractivity contribution in [1.29, 1.82) is 0 Å². The number of aromatic nitrogens is 2. The average Bonchev–Trinajstić information content (AvgIpc) is 3.05. The van der Waals surface area contributed by atoms with Crippen LogP contribution in [0, 0.1) is 13.8 Å². The van der Waals surface area contributed by atoms with Crippen molar-refractivity contribution in [3.05, 3.63) is 70.9 Å². The molecule has 0 aliphatic carbocycles. The van der Waals surface area contributed by atoms with Crippen LogP contribution < -0.4 is 10.1 Å². The van der Waals surface area contributed by atoms with Crippen LogP contribution in [0.1, 0.15) is 22.3 Å². The van der Waals surface area contributed by atoms with E-state index in [0.29, 0.717) is 13.2 Å². The standard InChI is InChI=1S/C22H23N3O2/c1-15-4-3-5-17(10-15)8-9-23-21(26)13-25-22-18(12-24-25)14-27-20-7-6-16(2)11-19(20)22/h3-7,10-12H,8-9,13-14H2,1-2H3,(H,23,26). The van der Waals surface area contributed by atoms with Gasteiger partial charge in [-0.25, -0.2) is 0 Å². The molecule has 0 fully saturated rings. The van der Waals surface area contributed by atoms with E-state index in [9.17, 15) is 4.79 Å². The molecule has 0 saturated heterocycles. The number of benzene rings is 2. The number of amides is 1. The molecule has 1 aromatic heterocycles. The lowest BCUT2D eigenvalue weighted by atomic mass is 10.0. The number of aryl methyl sites for hydroxylation is 2. The first-order valence-corrected chi connectivity index (χ1v) is 9.21. The molecule has 0 unspecified atom stereocenters. The fourth-order valence-corrected chi connectivity index (χ4v) is 3.48. The smallest absolute Gasteiger partial charge is 0.241 e. The monoisotopic (exact) mass is 361 g/mol. The second-order valence-electron chi connectivity index (χ2n) is 7.05. The van der Waals surface area contributed by atoms with Gasteiger partial charge in [-0.3, -0.25) is 9.48 Å². The Morgan fingerprint density at radius 2 is 2.04 bits per heavy atom. The number of hydrogen-bond acceptors (Lipinski definition) is 3. The first kappa shape index (κ1) is 17.3. The fourth-order valence-electron chi connectivity index (χ4n) is 3.48. The van der Waals surface area contributed by atoms with Crippen LogP contribution in [0.4, 0.5) is 0 Å². The first-order valence-electron chi connectivity index (χ1n) is 9.21. The maximum absolute atomic E-state index is 12.4. The summed E-state index contributed by atoms with van der Waals surface area (Å²) in [7, 11) is 0. The molecule has 2 heterocycles. The van der Waals surface area contributed by atoms with Crippen molar-refractivity contribution in [2.45, 2.75) is 33.4 Å². The van der Waals surface area contributed by atoms with Crippen molar-refractivity contribution in [2.75, 3.05) is 6.54 Å². The Labute approximate surface area is 159 Å². The van der Waals surface area contributed by atoms with Crippen LogP contribution in [0.15, 0.2) is 48.7 Å². The Morgan fingerprint density at radius 1 is 1.19 bits per heavy atom. The van der Waals surface area contributed by atoms with Gasteiger partial charge in [-0.1, -0.05) is 41.5 Å². The molecule has 4 rings (SSSR count). The minimum absolute atomic E-state index is 0.0331. The molecule has 1 amide bonds. The Hall–Kier alpha value is -3.08. The van der Waals surface area contributed by atoms with Crippen molar-refractivity contribution in [3.63, 3.8) is 0 Å². The second kappa shape index (κ2) is 7.27. The molecule has 0 atom stereocenters. The maximum Gasteiger partial charge on any atom is 0.241 e. The lowest BCUT2D eigenvalue weighted by Crippen LogP contribution is -2.30. The molecular weight excluding hydrogens is 338 g/mol. The van der Waals surface area contributed by atoms with Crippen molar-refractivity contribution < 1.29 is 9.53 Å². The van der Waals surface area contributed by atoms with Gasteiger partial charge in [-0.2, -0.15) is 5.10 Å². The van der Waals surface area contributed by atoms with E-state index in [1.54, 1.807) is 10.9 Å². The molecule has 27 heavy (non-hydrogen) atoms. The minimum atomic E-state index is -0.0331. The number of nitrogens with zero attached hydrogens (tertiary/aromatic N) is 2. The summed E-state index contributed by atoms with van der Waals surface area (Å²) in [5, 5.41) is 7.42. The highest BCUT2D eigenvalue weighted by molar-refractivity contribution is 5.78. The Morgan fingerprint density at radius 3 is 2.89 bits per heavy atom. The molecule has 0 radical (unpaired) electrons. The van der Waals surface area contributed by atoms with E-state index in [-0.39, 0.29) is 12.5 Å². The molecule has 5 nitrogen and oxygen atoms in total. The van der Waals surface area contributed by atoms with Gasteiger partial charge in [0.05, 0.1) is 11.9 Å². The summed E-state index contributed by atoms with van der Waals surface area (Å²) in [4.78, 5) is 12.4.